The summed E-state index contributed by atoms with van der Waals surface area (Å²) in [6, 6.07) is 3.98. The monoisotopic (exact) mass is 508 g/mol. The van der Waals surface area contributed by atoms with Gasteiger partial charge in [0.05, 0.1) is 6.20 Å². The second-order valence-corrected chi connectivity index (χ2v) is 9.33. The third-order valence-corrected chi connectivity index (χ3v) is 7.19. The summed E-state index contributed by atoms with van der Waals surface area (Å²) in [6.45, 7) is 0. The Balaban J connectivity index is 0.00000103. The first-order valence-electron chi connectivity index (χ1n) is 9.92. The summed E-state index contributed by atoms with van der Waals surface area (Å²) >= 11 is 2.70. The minimum absolute atomic E-state index is 0.0466. The Morgan fingerprint density at radius 2 is 2.06 bits per heavy atom. The van der Waals surface area contributed by atoms with Crippen LogP contribution >= 0.6 is 23.5 Å². The Hall–Kier alpha value is -3.07. The summed E-state index contributed by atoms with van der Waals surface area (Å²) in [5.74, 6) is -1.45. The molecular weight excluding hydrogens is 484 g/mol. The van der Waals surface area contributed by atoms with Crippen LogP contribution in [0, 0.1) is 0 Å². The molecule has 2 aromatic rings. The average Bonchev–Trinajstić information content (AvgIpc) is 3.34. The highest BCUT2D eigenvalue weighted by atomic mass is 32.2. The van der Waals surface area contributed by atoms with E-state index in [1.54, 1.807) is 14.2 Å². The van der Waals surface area contributed by atoms with E-state index in [1.807, 2.05) is 0 Å². The number of carboxylic acids is 1. The number of ether oxygens (including phenoxy) is 1. The number of H-pyrrole nitrogens is 1. The zero-order chi connectivity index (χ0) is 24.8. The van der Waals surface area contributed by atoms with E-state index in [0.717, 1.165) is 0 Å². The van der Waals surface area contributed by atoms with Gasteiger partial charge in [0, 0.05) is 25.7 Å². The topological polar surface area (TPSA) is 184 Å². The van der Waals surface area contributed by atoms with Crippen LogP contribution in [0.5, 0.6) is 5.75 Å². The van der Waals surface area contributed by atoms with E-state index in [0.29, 0.717) is 27.7 Å². The van der Waals surface area contributed by atoms with E-state index >= 15 is 0 Å². The molecule has 12 nitrogen and oxygen atoms in total. The number of carbonyl (C=O) groups is 3. The van der Waals surface area contributed by atoms with Gasteiger partial charge in [-0.3, -0.25) is 14.5 Å². The molecule has 1 saturated heterocycles. The van der Waals surface area contributed by atoms with Crippen molar-refractivity contribution in [3.63, 3.8) is 0 Å². The van der Waals surface area contributed by atoms with Crippen molar-refractivity contribution in [3.05, 3.63) is 47.3 Å². The Bertz CT molecular complexity index is 1060. The van der Waals surface area contributed by atoms with Crippen LogP contribution in [0.15, 0.2) is 46.8 Å². The van der Waals surface area contributed by atoms with Crippen LogP contribution in [0.4, 0.5) is 0 Å². The van der Waals surface area contributed by atoms with Gasteiger partial charge in [0.15, 0.2) is 0 Å². The number of nitrogens with two attached hydrogens (primary N) is 1. The van der Waals surface area contributed by atoms with E-state index in [1.165, 1.54) is 58.9 Å². The lowest BCUT2D eigenvalue weighted by atomic mass is 10.0. The molecule has 2 aliphatic rings. The second kappa shape index (κ2) is 11.4. The molecule has 6 N–H and O–H groups in total. The first kappa shape index (κ1) is 25.6. The molecular formula is C20H24N6O6S2. The number of carboxylic acid groups (broad SMARTS) is 1. The van der Waals surface area contributed by atoms with E-state index in [4.69, 9.17) is 5.73 Å². The number of β-lactam (4-membered cyclic amide) rings is 1. The maximum absolute atomic E-state index is 12.7. The van der Waals surface area contributed by atoms with Crippen molar-refractivity contribution in [2.75, 3.05) is 25.7 Å². The summed E-state index contributed by atoms with van der Waals surface area (Å²) in [5.41, 5.74) is 6.99. The van der Waals surface area contributed by atoms with Crippen LogP contribution in [-0.4, -0.2) is 85.4 Å². The van der Waals surface area contributed by atoms with Crippen molar-refractivity contribution < 1.29 is 29.3 Å². The van der Waals surface area contributed by atoms with Crippen LogP contribution in [0.3, 0.4) is 0 Å². The molecule has 34 heavy (non-hydrogen) atoms. The van der Waals surface area contributed by atoms with E-state index in [9.17, 15) is 24.6 Å². The SMILES string of the molecule is COC.N[C@@H](C(=O)N[C@@H]1C(=O)N2C(C(=O)O)=C(CSc3cn[nH]n3)CS[C@H]12)c1ccc(O)cc1. The Morgan fingerprint density at radius 3 is 2.65 bits per heavy atom. The molecule has 1 aromatic heterocycles. The molecule has 3 heterocycles. The van der Waals surface area contributed by atoms with Crippen LogP contribution < -0.4 is 11.1 Å². The van der Waals surface area contributed by atoms with Gasteiger partial charge in [0.1, 0.15) is 33.9 Å². The van der Waals surface area contributed by atoms with Crippen molar-refractivity contribution in [1.82, 2.24) is 25.6 Å². The second-order valence-electron chi connectivity index (χ2n) is 7.23. The number of amides is 2. The first-order chi connectivity index (χ1) is 16.3. The third kappa shape index (κ3) is 5.52. The fourth-order valence-electron chi connectivity index (χ4n) is 3.29. The van der Waals surface area contributed by atoms with Gasteiger partial charge < -0.3 is 26.0 Å². The maximum atomic E-state index is 12.7. The number of hydrogen-bond acceptors (Lipinski definition) is 10. The van der Waals surface area contributed by atoms with Gasteiger partial charge >= 0.3 is 5.97 Å². The number of aliphatic carboxylic acids is 1. The number of carbonyl (C=O) groups excluding carboxylic acids is 2. The number of methoxy groups -OCH3 is 1. The number of aromatic nitrogens is 3. The van der Waals surface area contributed by atoms with Crippen molar-refractivity contribution in [2.24, 2.45) is 5.73 Å². The lowest BCUT2D eigenvalue weighted by Gasteiger charge is -2.49. The fraction of sp³-hybridized carbons (Fsp3) is 0.350. The van der Waals surface area contributed by atoms with Gasteiger partial charge in [-0.1, -0.05) is 23.9 Å². The molecule has 0 radical (unpaired) electrons. The van der Waals surface area contributed by atoms with Gasteiger partial charge in [-0.2, -0.15) is 10.3 Å². The zero-order valence-corrected chi connectivity index (χ0v) is 19.9. The summed E-state index contributed by atoms with van der Waals surface area (Å²) in [4.78, 5) is 38.4. The number of rotatable bonds is 7. The predicted molar refractivity (Wildman–Crippen MR) is 125 cm³/mol. The van der Waals surface area contributed by atoms with Gasteiger partial charge in [-0.25, -0.2) is 4.79 Å². The standard InChI is InChI=1S/C18H18N6O5S2.C2H6O/c19-12(8-1-3-10(25)4-2-8)15(26)21-13-16(27)24-14(18(28)29)9(7-31-17(13)24)6-30-11-5-20-23-22-11;1-3-2/h1-5,12-13,17,25H,6-7,19H2,(H,21,26)(H,28,29)(H,20,22,23);1-2H3/t12-,13-,17-;/m1./s1. The van der Waals surface area contributed by atoms with E-state index < -0.39 is 35.2 Å². The molecule has 0 unspecified atom stereocenters. The van der Waals surface area contributed by atoms with Crippen LogP contribution in [-0.2, 0) is 19.1 Å². The Morgan fingerprint density at radius 1 is 1.38 bits per heavy atom. The number of fused-ring (bicyclic) bond motifs is 1. The highest BCUT2D eigenvalue weighted by Crippen LogP contribution is 2.41. The molecule has 0 saturated carbocycles. The van der Waals surface area contributed by atoms with Crippen LogP contribution in [0.1, 0.15) is 11.6 Å². The van der Waals surface area contributed by atoms with E-state index in [-0.39, 0.29) is 11.4 Å². The van der Waals surface area contributed by atoms with Crippen LogP contribution in [0.25, 0.3) is 0 Å². The molecule has 4 rings (SSSR count). The zero-order valence-electron chi connectivity index (χ0n) is 18.3. The van der Waals surface area contributed by atoms with Gasteiger partial charge in [0.25, 0.3) is 5.91 Å². The first-order valence-corrected chi connectivity index (χ1v) is 12.0. The third-order valence-electron chi connectivity index (χ3n) is 4.87. The molecule has 0 spiro atoms. The quantitative estimate of drug-likeness (QED) is 0.256. The Kier molecular flexibility index (Phi) is 8.55. The molecule has 1 aromatic carbocycles. The number of aromatic amines is 1. The van der Waals surface area contributed by atoms with Crippen molar-refractivity contribution >= 4 is 41.3 Å². The highest BCUT2D eigenvalue weighted by Gasteiger charge is 2.54. The van der Waals surface area contributed by atoms with Crippen molar-refractivity contribution in [3.8, 4) is 5.75 Å². The minimum Gasteiger partial charge on any atom is -0.508 e. The van der Waals surface area contributed by atoms with Gasteiger partial charge in [-0.05, 0) is 23.3 Å². The summed E-state index contributed by atoms with van der Waals surface area (Å²) < 4.78 is 4.25. The van der Waals surface area contributed by atoms with Crippen LogP contribution in [0.2, 0.25) is 0 Å². The number of nitrogens with zero attached hydrogens (tertiary/aromatic N) is 3. The number of aromatic hydroxyl groups is 1. The number of thioether (sulfide) groups is 2. The average molecular weight is 509 g/mol. The molecule has 0 aliphatic carbocycles. The van der Waals surface area contributed by atoms with Crippen molar-refractivity contribution in [2.45, 2.75) is 22.5 Å². The van der Waals surface area contributed by atoms with Crippen molar-refractivity contribution in [1.29, 1.82) is 0 Å². The number of benzene rings is 1. The normalized spacial score (nSPS) is 20.0. The summed E-state index contributed by atoms with van der Waals surface area (Å²) in [7, 11) is 3.25. The molecule has 2 aliphatic heterocycles. The number of hydrogen-bond donors (Lipinski definition) is 5. The molecule has 0 bridgehead atoms. The molecule has 3 atom stereocenters. The largest absolute Gasteiger partial charge is 0.508 e. The molecule has 14 heteroatoms. The lowest BCUT2D eigenvalue weighted by molar-refractivity contribution is -0.150. The van der Waals surface area contributed by atoms with E-state index in [2.05, 4.69) is 25.5 Å². The molecule has 2 amide bonds. The minimum atomic E-state index is -1.19. The number of phenols is 1. The maximum Gasteiger partial charge on any atom is 0.352 e. The highest BCUT2D eigenvalue weighted by molar-refractivity contribution is 8.01. The summed E-state index contributed by atoms with van der Waals surface area (Å²) in [6.07, 6.45) is 1.53. The summed E-state index contributed by atoms with van der Waals surface area (Å²) in [5, 5.41) is 31.9. The lowest BCUT2D eigenvalue weighted by Crippen LogP contribution is -2.71. The number of phenolic OH excluding ortho intramolecular Hbond substituents is 1. The van der Waals surface area contributed by atoms with Gasteiger partial charge in [0.2, 0.25) is 5.91 Å². The van der Waals surface area contributed by atoms with Gasteiger partial charge in [-0.15, -0.1) is 16.9 Å². The fourth-order valence-corrected chi connectivity index (χ4v) is 5.56. The molecule has 182 valence electrons. The molecule has 1 fully saturated rings. The number of nitrogens with one attached hydrogen (secondary N) is 2. The smallest absolute Gasteiger partial charge is 0.352 e. The predicted octanol–water partition coefficient (Wildman–Crippen LogP) is 0.304. The Labute approximate surface area is 203 Å².